The van der Waals surface area contributed by atoms with Crippen LogP contribution >= 0.6 is 0 Å². The molecule has 1 aromatic carbocycles. The molecule has 0 aromatic heterocycles. The van der Waals surface area contributed by atoms with Crippen molar-refractivity contribution >= 4 is 11.8 Å². The number of nitrogens with zero attached hydrogens (tertiary/aromatic N) is 1. The van der Waals surface area contributed by atoms with Gasteiger partial charge in [0.2, 0.25) is 11.8 Å². The van der Waals surface area contributed by atoms with Crippen molar-refractivity contribution in [2.45, 2.75) is 19.3 Å². The van der Waals surface area contributed by atoms with E-state index >= 15 is 0 Å². The van der Waals surface area contributed by atoms with Gasteiger partial charge in [-0.15, -0.1) is 6.58 Å². The molecule has 0 unspecified atom stereocenters. The zero-order valence-electron chi connectivity index (χ0n) is 10.3. The Morgan fingerprint density at radius 3 is 2.33 bits per heavy atom. The highest BCUT2D eigenvalue weighted by molar-refractivity contribution is 5.98. The molecule has 1 fully saturated rings. The van der Waals surface area contributed by atoms with E-state index in [1.807, 2.05) is 30.3 Å². The summed E-state index contributed by atoms with van der Waals surface area (Å²) in [7, 11) is 0. The lowest BCUT2D eigenvalue weighted by molar-refractivity contribution is -0.149. The van der Waals surface area contributed by atoms with E-state index in [0.29, 0.717) is 19.4 Å². The molecule has 0 N–H and O–H groups in total. The Kier molecular flexibility index (Phi) is 3.92. The molecule has 0 saturated carbocycles. The minimum atomic E-state index is -0.0768. The van der Waals surface area contributed by atoms with Crippen LogP contribution in [-0.4, -0.2) is 23.3 Å². The third-order valence-corrected chi connectivity index (χ3v) is 3.21. The zero-order chi connectivity index (χ0) is 13.0. The molecule has 1 aliphatic rings. The van der Waals surface area contributed by atoms with Crippen molar-refractivity contribution in [3.05, 3.63) is 48.6 Å². The smallest absolute Gasteiger partial charge is 0.229 e. The van der Waals surface area contributed by atoms with Crippen LogP contribution in [0.15, 0.2) is 43.0 Å². The Labute approximate surface area is 107 Å². The first kappa shape index (κ1) is 12.6. The fourth-order valence-electron chi connectivity index (χ4n) is 2.35. The van der Waals surface area contributed by atoms with E-state index in [4.69, 9.17) is 0 Å². The van der Waals surface area contributed by atoms with Crippen molar-refractivity contribution in [1.82, 2.24) is 4.90 Å². The summed E-state index contributed by atoms with van der Waals surface area (Å²) in [5.74, 6) is -0.0207. The van der Waals surface area contributed by atoms with Crippen LogP contribution < -0.4 is 0 Å². The number of imide groups is 1. The Hall–Kier alpha value is -1.90. The van der Waals surface area contributed by atoms with Gasteiger partial charge in [0, 0.05) is 19.4 Å². The van der Waals surface area contributed by atoms with Gasteiger partial charge in [-0.3, -0.25) is 14.5 Å². The number of carbonyl (C=O) groups excluding carboxylic acids is 2. The Balaban J connectivity index is 2.00. The Bertz CT molecular complexity index is 435. The summed E-state index contributed by atoms with van der Waals surface area (Å²) in [4.78, 5) is 25.0. The molecule has 1 saturated heterocycles. The molecule has 1 heterocycles. The SMILES string of the molecule is C=CCN1C(=O)CC(Cc2ccccc2)CC1=O. The van der Waals surface area contributed by atoms with Crippen LogP contribution in [0.3, 0.4) is 0 Å². The van der Waals surface area contributed by atoms with Gasteiger partial charge in [-0.25, -0.2) is 0 Å². The fraction of sp³-hybridized carbons (Fsp3) is 0.333. The molecule has 1 aliphatic heterocycles. The van der Waals surface area contributed by atoms with Crippen LogP contribution in [0.4, 0.5) is 0 Å². The van der Waals surface area contributed by atoms with Crippen molar-refractivity contribution in [1.29, 1.82) is 0 Å². The van der Waals surface area contributed by atoms with E-state index < -0.39 is 0 Å². The van der Waals surface area contributed by atoms with Gasteiger partial charge in [-0.05, 0) is 17.9 Å². The van der Waals surface area contributed by atoms with Gasteiger partial charge in [-0.2, -0.15) is 0 Å². The second-order valence-electron chi connectivity index (χ2n) is 4.65. The highest BCUT2D eigenvalue weighted by atomic mass is 16.2. The molecule has 0 radical (unpaired) electrons. The topological polar surface area (TPSA) is 37.4 Å². The molecule has 0 spiro atoms. The number of rotatable bonds is 4. The lowest BCUT2D eigenvalue weighted by Gasteiger charge is -2.29. The maximum atomic E-state index is 11.9. The Morgan fingerprint density at radius 2 is 1.78 bits per heavy atom. The quantitative estimate of drug-likeness (QED) is 0.600. The van der Waals surface area contributed by atoms with E-state index in [-0.39, 0.29) is 17.7 Å². The minimum Gasteiger partial charge on any atom is -0.279 e. The molecule has 94 valence electrons. The van der Waals surface area contributed by atoms with Crippen LogP contribution in [-0.2, 0) is 16.0 Å². The molecule has 0 bridgehead atoms. The maximum absolute atomic E-state index is 11.9. The molecule has 0 atom stereocenters. The van der Waals surface area contributed by atoms with Gasteiger partial charge in [0.1, 0.15) is 0 Å². The lowest BCUT2D eigenvalue weighted by Crippen LogP contribution is -2.43. The highest BCUT2D eigenvalue weighted by Crippen LogP contribution is 2.23. The van der Waals surface area contributed by atoms with Crippen LogP contribution in [0.2, 0.25) is 0 Å². The van der Waals surface area contributed by atoms with Crippen LogP contribution in [0.5, 0.6) is 0 Å². The summed E-state index contributed by atoms with van der Waals surface area (Å²) >= 11 is 0. The van der Waals surface area contributed by atoms with Crippen LogP contribution in [0.1, 0.15) is 18.4 Å². The molecular weight excluding hydrogens is 226 g/mol. The number of carbonyl (C=O) groups is 2. The maximum Gasteiger partial charge on any atom is 0.229 e. The molecule has 3 nitrogen and oxygen atoms in total. The highest BCUT2D eigenvalue weighted by Gasteiger charge is 2.31. The number of amides is 2. The van der Waals surface area contributed by atoms with E-state index in [0.717, 1.165) is 6.42 Å². The van der Waals surface area contributed by atoms with Crippen molar-refractivity contribution in [2.75, 3.05) is 6.54 Å². The molecule has 2 amide bonds. The average Bonchev–Trinajstić information content (AvgIpc) is 2.35. The second kappa shape index (κ2) is 5.63. The summed E-state index contributed by atoms with van der Waals surface area (Å²) in [6.07, 6.45) is 3.29. The van der Waals surface area contributed by atoms with Gasteiger partial charge < -0.3 is 0 Å². The van der Waals surface area contributed by atoms with Gasteiger partial charge >= 0.3 is 0 Å². The first-order valence-electron chi connectivity index (χ1n) is 6.18. The molecule has 3 heteroatoms. The summed E-state index contributed by atoms with van der Waals surface area (Å²) in [5, 5.41) is 0. The van der Waals surface area contributed by atoms with Crippen molar-refractivity contribution in [3.63, 3.8) is 0 Å². The first-order chi connectivity index (χ1) is 8.70. The summed E-state index contributed by atoms with van der Waals surface area (Å²) < 4.78 is 0. The first-order valence-corrected chi connectivity index (χ1v) is 6.18. The lowest BCUT2D eigenvalue weighted by atomic mass is 9.89. The standard InChI is InChI=1S/C15H17NO2/c1-2-8-16-14(17)10-13(11-15(16)18)9-12-6-4-3-5-7-12/h2-7,13H,1,8-11H2. The summed E-state index contributed by atoms with van der Waals surface area (Å²) in [6.45, 7) is 3.89. The number of likely N-dealkylation sites (tertiary alicyclic amines) is 1. The second-order valence-corrected chi connectivity index (χ2v) is 4.65. The molecule has 1 aromatic rings. The van der Waals surface area contributed by atoms with Gasteiger partial charge in [0.15, 0.2) is 0 Å². The van der Waals surface area contributed by atoms with Crippen molar-refractivity contribution < 1.29 is 9.59 Å². The van der Waals surface area contributed by atoms with Gasteiger partial charge in [0.05, 0.1) is 0 Å². The Morgan fingerprint density at radius 1 is 1.17 bits per heavy atom. The molecule has 18 heavy (non-hydrogen) atoms. The fourth-order valence-corrected chi connectivity index (χ4v) is 2.35. The number of hydrogen-bond donors (Lipinski definition) is 0. The monoisotopic (exact) mass is 243 g/mol. The zero-order valence-corrected chi connectivity index (χ0v) is 10.3. The predicted octanol–water partition coefficient (Wildman–Crippen LogP) is 2.18. The average molecular weight is 243 g/mol. The van der Waals surface area contributed by atoms with Crippen LogP contribution in [0, 0.1) is 5.92 Å². The molecule has 0 aliphatic carbocycles. The summed E-state index contributed by atoms with van der Waals surface area (Å²) in [5.41, 5.74) is 1.18. The predicted molar refractivity (Wildman–Crippen MR) is 69.8 cm³/mol. The summed E-state index contributed by atoms with van der Waals surface area (Å²) in [6, 6.07) is 9.99. The van der Waals surface area contributed by atoms with E-state index in [9.17, 15) is 9.59 Å². The molecule has 2 rings (SSSR count). The van der Waals surface area contributed by atoms with E-state index in [1.165, 1.54) is 10.5 Å². The number of hydrogen-bond acceptors (Lipinski definition) is 2. The van der Waals surface area contributed by atoms with E-state index in [1.54, 1.807) is 6.08 Å². The largest absolute Gasteiger partial charge is 0.279 e. The van der Waals surface area contributed by atoms with Gasteiger partial charge in [-0.1, -0.05) is 36.4 Å². The van der Waals surface area contributed by atoms with Crippen molar-refractivity contribution in [2.24, 2.45) is 5.92 Å². The third-order valence-electron chi connectivity index (χ3n) is 3.21. The van der Waals surface area contributed by atoms with Crippen molar-refractivity contribution in [3.8, 4) is 0 Å². The number of benzene rings is 1. The third kappa shape index (κ3) is 2.86. The number of piperidine rings is 1. The normalized spacial score (nSPS) is 17.0. The minimum absolute atomic E-state index is 0.0768. The van der Waals surface area contributed by atoms with E-state index in [2.05, 4.69) is 6.58 Å². The molecular formula is C15H17NO2. The van der Waals surface area contributed by atoms with Gasteiger partial charge in [0.25, 0.3) is 0 Å². The van der Waals surface area contributed by atoms with Crippen LogP contribution in [0.25, 0.3) is 0 Å².